The van der Waals surface area contributed by atoms with Crippen LogP contribution in [-0.4, -0.2) is 41.6 Å². The van der Waals surface area contributed by atoms with E-state index in [4.69, 9.17) is 5.73 Å². The van der Waals surface area contributed by atoms with Crippen molar-refractivity contribution in [3.05, 3.63) is 11.8 Å². The quantitative estimate of drug-likeness (QED) is 0.751. The molecule has 0 aliphatic heterocycles. The monoisotopic (exact) mass is 266 g/mol. The van der Waals surface area contributed by atoms with Crippen LogP contribution in [-0.2, 0) is 11.8 Å². The molecule has 0 aliphatic rings. The third-order valence-electron chi connectivity index (χ3n) is 2.03. The standard InChI is InChI=1S/C9H13F3N4O2/c1-16-7(13)6(4-15-16)8(17)14-2-3-18-5-9(10,11)12/h4H,2-3,5,13H2,1H3,(H,14,17). The van der Waals surface area contributed by atoms with E-state index in [1.54, 1.807) is 7.05 Å². The summed E-state index contributed by atoms with van der Waals surface area (Å²) in [4.78, 5) is 11.5. The zero-order valence-electron chi connectivity index (χ0n) is 9.62. The molecule has 1 amide bonds. The molecule has 0 saturated carbocycles. The number of nitrogen functional groups attached to an aromatic ring is 1. The second kappa shape index (κ2) is 5.71. The van der Waals surface area contributed by atoms with Gasteiger partial charge in [0.25, 0.3) is 5.91 Å². The van der Waals surface area contributed by atoms with Gasteiger partial charge >= 0.3 is 6.18 Å². The van der Waals surface area contributed by atoms with Gasteiger partial charge in [-0.1, -0.05) is 0 Å². The SMILES string of the molecule is Cn1ncc(C(=O)NCCOCC(F)(F)F)c1N. The fourth-order valence-corrected chi connectivity index (χ4v) is 1.14. The first-order valence-corrected chi connectivity index (χ1v) is 5.01. The molecule has 0 aromatic carbocycles. The van der Waals surface area contributed by atoms with Crippen LogP contribution in [0.4, 0.5) is 19.0 Å². The number of rotatable bonds is 5. The van der Waals surface area contributed by atoms with Gasteiger partial charge in [0, 0.05) is 13.6 Å². The summed E-state index contributed by atoms with van der Waals surface area (Å²) < 4.78 is 40.8. The molecular formula is C9H13F3N4O2. The number of hydrogen-bond donors (Lipinski definition) is 2. The van der Waals surface area contributed by atoms with Crippen molar-refractivity contribution in [1.82, 2.24) is 15.1 Å². The Morgan fingerprint density at radius 3 is 2.78 bits per heavy atom. The zero-order chi connectivity index (χ0) is 13.8. The number of nitrogens with one attached hydrogen (secondary N) is 1. The normalized spacial score (nSPS) is 11.6. The number of aryl methyl sites for hydroxylation is 1. The molecule has 1 aromatic heterocycles. The molecule has 0 fully saturated rings. The van der Waals surface area contributed by atoms with Crippen LogP contribution in [0.25, 0.3) is 0 Å². The van der Waals surface area contributed by atoms with Gasteiger partial charge in [-0.2, -0.15) is 18.3 Å². The number of halogens is 3. The molecule has 1 rings (SSSR count). The highest BCUT2D eigenvalue weighted by Gasteiger charge is 2.27. The Morgan fingerprint density at radius 2 is 2.28 bits per heavy atom. The van der Waals surface area contributed by atoms with Gasteiger partial charge in [-0.3, -0.25) is 9.48 Å². The van der Waals surface area contributed by atoms with Crippen LogP contribution >= 0.6 is 0 Å². The third kappa shape index (κ3) is 4.24. The van der Waals surface area contributed by atoms with Gasteiger partial charge in [0.15, 0.2) is 0 Å². The Balaban J connectivity index is 2.28. The van der Waals surface area contributed by atoms with E-state index in [0.717, 1.165) is 0 Å². The molecule has 1 aromatic rings. The molecule has 1 heterocycles. The van der Waals surface area contributed by atoms with E-state index in [2.05, 4.69) is 15.2 Å². The first-order valence-electron chi connectivity index (χ1n) is 5.01. The number of aromatic nitrogens is 2. The second-order valence-electron chi connectivity index (χ2n) is 3.49. The van der Waals surface area contributed by atoms with Gasteiger partial charge in [-0.15, -0.1) is 0 Å². The summed E-state index contributed by atoms with van der Waals surface area (Å²) in [6.45, 7) is -1.60. The molecule has 0 radical (unpaired) electrons. The maximum absolute atomic E-state index is 11.7. The molecule has 0 saturated heterocycles. The van der Waals surface area contributed by atoms with E-state index in [-0.39, 0.29) is 24.5 Å². The van der Waals surface area contributed by atoms with Crippen molar-refractivity contribution in [2.45, 2.75) is 6.18 Å². The first-order chi connectivity index (χ1) is 8.31. The summed E-state index contributed by atoms with van der Waals surface area (Å²) in [5.74, 6) is -0.320. The van der Waals surface area contributed by atoms with Gasteiger partial charge in [-0.25, -0.2) is 0 Å². The number of ether oxygens (including phenoxy) is 1. The van der Waals surface area contributed by atoms with Crippen LogP contribution in [0, 0.1) is 0 Å². The van der Waals surface area contributed by atoms with Crippen molar-refractivity contribution in [1.29, 1.82) is 0 Å². The fourth-order valence-electron chi connectivity index (χ4n) is 1.14. The lowest BCUT2D eigenvalue weighted by Crippen LogP contribution is -2.29. The summed E-state index contributed by atoms with van der Waals surface area (Å²) >= 11 is 0. The molecule has 9 heteroatoms. The number of hydrogen-bond acceptors (Lipinski definition) is 4. The van der Waals surface area contributed by atoms with Crippen LogP contribution in [0.2, 0.25) is 0 Å². The van der Waals surface area contributed by atoms with E-state index < -0.39 is 18.7 Å². The van der Waals surface area contributed by atoms with E-state index in [1.807, 2.05) is 0 Å². The predicted molar refractivity (Wildman–Crippen MR) is 56.8 cm³/mol. The number of carbonyl (C=O) groups excluding carboxylic acids is 1. The highest BCUT2D eigenvalue weighted by Crippen LogP contribution is 2.14. The fraction of sp³-hybridized carbons (Fsp3) is 0.556. The van der Waals surface area contributed by atoms with Crippen LogP contribution < -0.4 is 11.1 Å². The van der Waals surface area contributed by atoms with Gasteiger partial charge in [0.2, 0.25) is 0 Å². The van der Waals surface area contributed by atoms with Crippen LogP contribution in [0.1, 0.15) is 10.4 Å². The Hall–Kier alpha value is -1.77. The molecule has 0 aliphatic carbocycles. The van der Waals surface area contributed by atoms with Crippen LogP contribution in [0.15, 0.2) is 6.20 Å². The molecular weight excluding hydrogens is 253 g/mol. The number of nitrogens with two attached hydrogens (primary N) is 1. The van der Waals surface area contributed by atoms with Gasteiger partial charge in [-0.05, 0) is 0 Å². The maximum Gasteiger partial charge on any atom is 0.411 e. The number of anilines is 1. The summed E-state index contributed by atoms with van der Waals surface area (Å²) in [5.41, 5.74) is 5.72. The van der Waals surface area contributed by atoms with Gasteiger partial charge < -0.3 is 15.8 Å². The van der Waals surface area contributed by atoms with Crippen LogP contribution in [0.3, 0.4) is 0 Å². The van der Waals surface area contributed by atoms with E-state index in [0.29, 0.717) is 0 Å². The van der Waals surface area contributed by atoms with E-state index >= 15 is 0 Å². The molecule has 0 bridgehead atoms. The molecule has 0 atom stereocenters. The average Bonchev–Trinajstić information content (AvgIpc) is 2.57. The van der Waals surface area contributed by atoms with Crippen molar-refractivity contribution < 1.29 is 22.7 Å². The smallest absolute Gasteiger partial charge is 0.383 e. The molecule has 6 nitrogen and oxygen atoms in total. The number of alkyl halides is 3. The van der Waals surface area contributed by atoms with Gasteiger partial charge in [0.1, 0.15) is 18.0 Å². The maximum atomic E-state index is 11.7. The number of nitrogens with zero attached hydrogens (tertiary/aromatic N) is 2. The minimum absolute atomic E-state index is 0.0384. The number of carbonyl (C=O) groups is 1. The van der Waals surface area contributed by atoms with E-state index in [9.17, 15) is 18.0 Å². The first kappa shape index (κ1) is 14.3. The lowest BCUT2D eigenvalue weighted by molar-refractivity contribution is -0.173. The summed E-state index contributed by atoms with van der Waals surface area (Å²) in [5, 5.41) is 6.14. The highest BCUT2D eigenvalue weighted by atomic mass is 19.4. The summed E-state index contributed by atoms with van der Waals surface area (Å²) in [7, 11) is 1.57. The number of amides is 1. The molecule has 3 N–H and O–H groups in total. The summed E-state index contributed by atoms with van der Waals surface area (Å²) in [6, 6.07) is 0. The van der Waals surface area contributed by atoms with Crippen molar-refractivity contribution in [3.63, 3.8) is 0 Å². The minimum Gasteiger partial charge on any atom is -0.383 e. The van der Waals surface area contributed by atoms with Crippen LogP contribution in [0.5, 0.6) is 0 Å². The highest BCUT2D eigenvalue weighted by molar-refractivity contribution is 5.98. The molecule has 0 spiro atoms. The topological polar surface area (TPSA) is 82.2 Å². The molecule has 102 valence electrons. The van der Waals surface area contributed by atoms with Crippen molar-refractivity contribution in [2.24, 2.45) is 7.05 Å². The third-order valence-corrected chi connectivity index (χ3v) is 2.03. The lowest BCUT2D eigenvalue weighted by Gasteiger charge is -2.08. The van der Waals surface area contributed by atoms with Crippen molar-refractivity contribution >= 4 is 11.7 Å². The average molecular weight is 266 g/mol. The summed E-state index contributed by atoms with van der Waals surface area (Å²) in [6.07, 6.45) is -3.08. The largest absolute Gasteiger partial charge is 0.411 e. The molecule has 18 heavy (non-hydrogen) atoms. The Bertz CT molecular complexity index is 416. The Morgan fingerprint density at radius 1 is 1.61 bits per heavy atom. The van der Waals surface area contributed by atoms with Crippen molar-refractivity contribution in [2.75, 3.05) is 25.5 Å². The second-order valence-corrected chi connectivity index (χ2v) is 3.49. The van der Waals surface area contributed by atoms with E-state index in [1.165, 1.54) is 10.9 Å². The minimum atomic E-state index is -4.36. The predicted octanol–water partition coefficient (Wildman–Crippen LogP) is 0.311. The Labute approximate surface area is 101 Å². The molecule has 0 unspecified atom stereocenters. The Kier molecular flexibility index (Phi) is 4.54. The van der Waals surface area contributed by atoms with Crippen molar-refractivity contribution in [3.8, 4) is 0 Å². The lowest BCUT2D eigenvalue weighted by atomic mass is 10.3. The zero-order valence-corrected chi connectivity index (χ0v) is 9.62. The van der Waals surface area contributed by atoms with Gasteiger partial charge in [0.05, 0.1) is 12.8 Å².